The Morgan fingerprint density at radius 3 is 1.50 bits per heavy atom. The van der Waals surface area contributed by atoms with E-state index in [1.165, 1.54) is 71.0 Å². The number of benzene rings is 1. The van der Waals surface area contributed by atoms with Crippen LogP contribution < -0.4 is 0 Å². The summed E-state index contributed by atoms with van der Waals surface area (Å²) < 4.78 is 0.611. The van der Waals surface area contributed by atoms with Crippen molar-refractivity contribution in [2.45, 2.75) is 95.8 Å². The van der Waals surface area contributed by atoms with E-state index < -0.39 is 13.3 Å². The van der Waals surface area contributed by atoms with Crippen molar-refractivity contribution in [2.24, 2.45) is 0 Å². The molecule has 24 heavy (non-hydrogen) atoms. The van der Waals surface area contributed by atoms with Crippen molar-refractivity contribution >= 4 is 17.9 Å². The van der Waals surface area contributed by atoms with Gasteiger partial charge in [0.25, 0.3) is 0 Å². The summed E-state index contributed by atoms with van der Waals surface area (Å²) in [5.74, 6) is 0. The molecule has 0 saturated heterocycles. The van der Waals surface area contributed by atoms with Gasteiger partial charge in [-0.3, -0.25) is 0 Å². The molecule has 0 amide bonds. The first-order chi connectivity index (χ1) is 11.4. The van der Waals surface area contributed by atoms with Crippen LogP contribution in [0.1, 0.15) is 86.3 Å². The van der Waals surface area contributed by atoms with Crippen LogP contribution in [0.25, 0.3) is 0 Å². The maximum absolute atomic E-state index is 13.8. The summed E-state index contributed by atoms with van der Waals surface area (Å²) in [6.07, 6.45) is 7.36. The molecular formula is C22H38GeO. The molecular weight excluding hydrogens is 353 g/mol. The minimum absolute atomic E-state index is 0.611. The van der Waals surface area contributed by atoms with Crippen LogP contribution in [0.15, 0.2) is 12.1 Å². The number of carbonyl (C=O) groups excluding carboxylic acids is 1. The van der Waals surface area contributed by atoms with Crippen molar-refractivity contribution in [2.75, 3.05) is 0 Å². The van der Waals surface area contributed by atoms with Crippen molar-refractivity contribution in [3.63, 3.8) is 0 Å². The van der Waals surface area contributed by atoms with Crippen molar-refractivity contribution in [3.8, 4) is 0 Å². The summed E-state index contributed by atoms with van der Waals surface area (Å²) in [7, 11) is 0. The average Bonchev–Trinajstić information content (AvgIpc) is 2.53. The Bertz CT molecular complexity index is 488. The van der Waals surface area contributed by atoms with Gasteiger partial charge >= 0.3 is 153 Å². The van der Waals surface area contributed by atoms with E-state index in [1.54, 1.807) is 0 Å². The molecule has 0 bridgehead atoms. The van der Waals surface area contributed by atoms with Crippen LogP contribution >= 0.6 is 0 Å². The predicted molar refractivity (Wildman–Crippen MR) is 110 cm³/mol. The molecule has 0 atom stereocenters. The van der Waals surface area contributed by atoms with Gasteiger partial charge in [-0.05, 0) is 0 Å². The van der Waals surface area contributed by atoms with Crippen LogP contribution in [0, 0.1) is 20.8 Å². The van der Waals surface area contributed by atoms with Gasteiger partial charge in [-0.25, -0.2) is 0 Å². The van der Waals surface area contributed by atoms with Crippen LogP contribution in [-0.2, 0) is 0 Å². The Balaban J connectivity index is 3.31. The van der Waals surface area contributed by atoms with Crippen LogP contribution in [0.2, 0.25) is 15.8 Å². The Labute approximate surface area is 153 Å². The number of carbonyl (C=O) groups is 1. The fraction of sp³-hybridized carbons (Fsp3) is 0.682. The third-order valence-electron chi connectivity index (χ3n) is 5.41. The quantitative estimate of drug-likeness (QED) is 0.365. The van der Waals surface area contributed by atoms with Gasteiger partial charge in [0, 0.05) is 0 Å². The van der Waals surface area contributed by atoms with E-state index in [4.69, 9.17) is 0 Å². The summed E-state index contributed by atoms with van der Waals surface area (Å²) in [6, 6.07) is 4.40. The molecule has 1 rings (SSSR count). The predicted octanol–water partition coefficient (Wildman–Crippen LogP) is 7.18. The summed E-state index contributed by atoms with van der Waals surface area (Å²) in [4.78, 5) is 13.8. The summed E-state index contributed by atoms with van der Waals surface area (Å²) in [5, 5.41) is 3.71. The zero-order valence-corrected chi connectivity index (χ0v) is 19.0. The van der Waals surface area contributed by atoms with Crippen LogP contribution in [0.5, 0.6) is 0 Å². The van der Waals surface area contributed by atoms with Crippen molar-refractivity contribution in [1.29, 1.82) is 0 Å². The number of unbranched alkanes of at least 4 members (excludes halogenated alkanes) is 3. The topological polar surface area (TPSA) is 17.1 Å². The normalized spacial score (nSPS) is 11.8. The molecule has 0 heterocycles. The second-order valence-corrected chi connectivity index (χ2v) is 17.2. The first-order valence-corrected chi connectivity index (χ1v) is 15.5. The minimum atomic E-state index is -2.54. The number of hydrogen-bond acceptors (Lipinski definition) is 1. The summed E-state index contributed by atoms with van der Waals surface area (Å²) in [6.45, 7) is 13.2. The molecule has 0 aromatic heterocycles. The van der Waals surface area contributed by atoms with Crippen molar-refractivity contribution in [1.82, 2.24) is 0 Å². The number of rotatable bonds is 11. The van der Waals surface area contributed by atoms with E-state index in [1.807, 2.05) is 0 Å². The Hall–Kier alpha value is -0.567. The van der Waals surface area contributed by atoms with Gasteiger partial charge in [-0.1, -0.05) is 0 Å². The fourth-order valence-corrected chi connectivity index (χ4v) is 15.5. The summed E-state index contributed by atoms with van der Waals surface area (Å²) >= 11 is -2.54. The molecule has 2 heteroatoms. The molecule has 0 aliphatic carbocycles. The van der Waals surface area contributed by atoms with E-state index in [2.05, 4.69) is 53.7 Å². The zero-order valence-electron chi connectivity index (χ0n) is 16.9. The third kappa shape index (κ3) is 5.47. The van der Waals surface area contributed by atoms with Crippen molar-refractivity contribution < 1.29 is 4.79 Å². The first kappa shape index (κ1) is 21.5. The van der Waals surface area contributed by atoms with E-state index in [9.17, 15) is 4.79 Å². The molecule has 136 valence electrons. The van der Waals surface area contributed by atoms with E-state index in [0.717, 1.165) is 5.56 Å². The second kappa shape index (κ2) is 10.4. The molecule has 1 aromatic carbocycles. The van der Waals surface area contributed by atoms with Gasteiger partial charge < -0.3 is 0 Å². The van der Waals surface area contributed by atoms with Gasteiger partial charge in [0.2, 0.25) is 0 Å². The molecule has 0 aliphatic rings. The molecule has 0 N–H and O–H groups in total. The molecule has 0 unspecified atom stereocenters. The van der Waals surface area contributed by atoms with Gasteiger partial charge in [0.15, 0.2) is 0 Å². The number of aryl methyl sites for hydroxylation is 3. The van der Waals surface area contributed by atoms with Gasteiger partial charge in [0.05, 0.1) is 0 Å². The van der Waals surface area contributed by atoms with Crippen LogP contribution in [0.4, 0.5) is 0 Å². The third-order valence-corrected chi connectivity index (χ3v) is 16.2. The second-order valence-electron chi connectivity index (χ2n) is 7.69. The summed E-state index contributed by atoms with van der Waals surface area (Å²) in [5.41, 5.74) is 4.77. The van der Waals surface area contributed by atoms with E-state index >= 15 is 0 Å². The zero-order chi connectivity index (χ0) is 18.2. The van der Waals surface area contributed by atoms with Gasteiger partial charge in [-0.2, -0.15) is 0 Å². The molecule has 0 spiro atoms. The van der Waals surface area contributed by atoms with Gasteiger partial charge in [0.1, 0.15) is 0 Å². The molecule has 0 fully saturated rings. The molecule has 1 aromatic rings. The van der Waals surface area contributed by atoms with Crippen LogP contribution in [-0.4, -0.2) is 17.9 Å². The van der Waals surface area contributed by atoms with Gasteiger partial charge in [-0.15, -0.1) is 0 Å². The maximum atomic E-state index is 13.8. The van der Waals surface area contributed by atoms with Crippen molar-refractivity contribution in [3.05, 3.63) is 34.4 Å². The Morgan fingerprint density at radius 2 is 1.17 bits per heavy atom. The van der Waals surface area contributed by atoms with E-state index in [-0.39, 0.29) is 0 Å². The average molecular weight is 391 g/mol. The molecule has 0 aliphatic heterocycles. The molecule has 1 nitrogen and oxygen atoms in total. The SMILES string of the molecule is CCC[CH2][Ge]([CH2]CCC)([CH2]CCC)[C](=O)c1c(C)cc(C)cc1C. The molecule has 0 radical (unpaired) electrons. The molecule has 0 saturated carbocycles. The van der Waals surface area contributed by atoms with Crippen LogP contribution in [0.3, 0.4) is 0 Å². The fourth-order valence-electron chi connectivity index (χ4n) is 4.06. The monoisotopic (exact) mass is 392 g/mol. The Morgan fingerprint density at radius 1 is 0.792 bits per heavy atom. The van der Waals surface area contributed by atoms with E-state index in [0.29, 0.717) is 4.62 Å². The first-order valence-electron chi connectivity index (χ1n) is 10.0. The standard InChI is InChI=1S/C22H38GeO/c1-7-10-13-23(14-11-8-2,15-12-9-3)22(24)21-19(5)16-18(4)17-20(21)6/h16-17H,7-15H2,1-6H3. The Kier molecular flexibility index (Phi) is 9.33. The number of hydrogen-bond donors (Lipinski definition) is 0.